The van der Waals surface area contributed by atoms with Crippen molar-refractivity contribution < 1.29 is 19.1 Å². The second-order valence-corrected chi connectivity index (χ2v) is 7.29. The predicted octanol–water partition coefficient (Wildman–Crippen LogP) is 1.83. The Labute approximate surface area is 166 Å². The normalized spacial score (nSPS) is 18.8. The van der Waals surface area contributed by atoms with Gasteiger partial charge in [-0.15, -0.1) is 0 Å². The molecule has 0 unspecified atom stereocenters. The van der Waals surface area contributed by atoms with Gasteiger partial charge in [0.05, 0.1) is 19.8 Å². The number of hydrogen-bond acceptors (Lipinski definition) is 6. The second kappa shape index (κ2) is 8.22. The summed E-state index contributed by atoms with van der Waals surface area (Å²) in [5.74, 6) is 0.637. The van der Waals surface area contributed by atoms with E-state index >= 15 is 0 Å². The first-order valence-corrected chi connectivity index (χ1v) is 9.67. The highest BCUT2D eigenvalue weighted by Crippen LogP contribution is 2.37. The number of rotatable bonds is 6. The van der Waals surface area contributed by atoms with Crippen LogP contribution in [0.3, 0.4) is 0 Å². The van der Waals surface area contributed by atoms with Gasteiger partial charge >= 0.3 is 0 Å². The number of benzene rings is 1. The highest BCUT2D eigenvalue weighted by molar-refractivity contribution is 6.35. The smallest absolute Gasteiger partial charge is 0.277 e. The molecule has 2 aliphatic rings. The van der Waals surface area contributed by atoms with Gasteiger partial charge in [-0.1, -0.05) is 6.07 Å². The van der Waals surface area contributed by atoms with Crippen molar-refractivity contribution in [1.29, 1.82) is 0 Å². The monoisotopic (exact) mass is 387 g/mol. The first kappa shape index (κ1) is 20.2. The van der Waals surface area contributed by atoms with E-state index in [9.17, 15) is 9.59 Å². The SMILES string of the molecule is CCN1C(=O)C(c2ccc(OC)c(OC)c2)=C(N(C)C2CCN(C)CC2)C1=O. The van der Waals surface area contributed by atoms with E-state index in [1.807, 2.05) is 24.9 Å². The van der Waals surface area contributed by atoms with Crippen LogP contribution in [0.1, 0.15) is 25.3 Å². The molecule has 1 aromatic carbocycles. The molecule has 0 aliphatic carbocycles. The number of amides is 2. The molecule has 28 heavy (non-hydrogen) atoms. The summed E-state index contributed by atoms with van der Waals surface area (Å²) in [6, 6.07) is 5.57. The quantitative estimate of drug-likeness (QED) is 0.694. The second-order valence-electron chi connectivity index (χ2n) is 7.29. The average Bonchev–Trinajstić information content (AvgIpc) is 2.96. The molecule has 2 heterocycles. The van der Waals surface area contributed by atoms with E-state index in [4.69, 9.17) is 9.47 Å². The summed E-state index contributed by atoms with van der Waals surface area (Å²) in [4.78, 5) is 31.8. The van der Waals surface area contributed by atoms with Crippen molar-refractivity contribution in [2.24, 2.45) is 0 Å². The fourth-order valence-corrected chi connectivity index (χ4v) is 3.99. The highest BCUT2D eigenvalue weighted by Gasteiger charge is 2.41. The van der Waals surface area contributed by atoms with Crippen LogP contribution in [0.5, 0.6) is 11.5 Å². The lowest BCUT2D eigenvalue weighted by Crippen LogP contribution is -2.43. The van der Waals surface area contributed by atoms with Gasteiger partial charge in [-0.3, -0.25) is 14.5 Å². The third-order valence-electron chi connectivity index (χ3n) is 5.72. The number of likely N-dealkylation sites (N-methyl/N-ethyl adjacent to an activating group) is 2. The first-order valence-electron chi connectivity index (χ1n) is 9.67. The molecule has 0 saturated carbocycles. The van der Waals surface area contributed by atoms with Gasteiger partial charge in [-0.25, -0.2) is 0 Å². The fourth-order valence-electron chi connectivity index (χ4n) is 3.99. The maximum atomic E-state index is 13.1. The van der Waals surface area contributed by atoms with Crippen molar-refractivity contribution in [2.75, 3.05) is 47.9 Å². The maximum Gasteiger partial charge on any atom is 0.277 e. The maximum absolute atomic E-state index is 13.1. The van der Waals surface area contributed by atoms with Crippen LogP contribution in [-0.4, -0.2) is 80.5 Å². The molecule has 1 fully saturated rings. The Morgan fingerprint density at radius 2 is 1.71 bits per heavy atom. The number of carbonyl (C=O) groups is 2. The number of methoxy groups -OCH3 is 2. The van der Waals surface area contributed by atoms with E-state index < -0.39 is 0 Å². The van der Waals surface area contributed by atoms with E-state index in [1.54, 1.807) is 26.4 Å². The Kier molecular flexibility index (Phi) is 5.93. The Morgan fingerprint density at radius 3 is 2.29 bits per heavy atom. The number of carbonyl (C=O) groups excluding carboxylic acids is 2. The van der Waals surface area contributed by atoms with Crippen molar-refractivity contribution in [3.8, 4) is 11.5 Å². The zero-order valence-corrected chi connectivity index (χ0v) is 17.3. The summed E-state index contributed by atoms with van der Waals surface area (Å²) in [6.45, 7) is 4.13. The molecule has 1 saturated heterocycles. The summed E-state index contributed by atoms with van der Waals surface area (Å²) >= 11 is 0. The molecule has 0 bridgehead atoms. The zero-order chi connectivity index (χ0) is 20.4. The molecule has 2 amide bonds. The van der Waals surface area contributed by atoms with Crippen LogP contribution in [-0.2, 0) is 9.59 Å². The number of imide groups is 1. The summed E-state index contributed by atoms with van der Waals surface area (Å²) in [7, 11) is 7.16. The lowest BCUT2D eigenvalue weighted by atomic mass is 10.00. The van der Waals surface area contributed by atoms with Gasteiger partial charge in [0, 0.05) is 19.6 Å². The lowest BCUT2D eigenvalue weighted by Gasteiger charge is -2.36. The van der Waals surface area contributed by atoms with Crippen LogP contribution >= 0.6 is 0 Å². The summed E-state index contributed by atoms with van der Waals surface area (Å²) in [6.07, 6.45) is 1.92. The van der Waals surface area contributed by atoms with Crippen molar-refractivity contribution in [1.82, 2.24) is 14.7 Å². The van der Waals surface area contributed by atoms with Crippen LogP contribution in [0.25, 0.3) is 5.57 Å². The zero-order valence-electron chi connectivity index (χ0n) is 17.3. The standard InChI is InChI=1S/C21H29N3O4/c1-6-24-20(25)18(14-7-8-16(27-4)17(13-14)28-5)19(21(24)26)23(3)15-9-11-22(2)12-10-15/h7-8,13,15H,6,9-12H2,1-5H3. The molecule has 7 heteroatoms. The number of hydrogen-bond donors (Lipinski definition) is 0. The molecule has 1 aromatic rings. The van der Waals surface area contributed by atoms with E-state index in [2.05, 4.69) is 11.9 Å². The Balaban J connectivity index is 2.06. The molecule has 2 aliphatic heterocycles. The van der Waals surface area contributed by atoms with Crippen LogP contribution < -0.4 is 9.47 Å². The van der Waals surface area contributed by atoms with Gasteiger partial charge in [0.15, 0.2) is 11.5 Å². The van der Waals surface area contributed by atoms with Crippen LogP contribution in [0, 0.1) is 0 Å². The van der Waals surface area contributed by atoms with E-state index in [0.717, 1.165) is 25.9 Å². The van der Waals surface area contributed by atoms with Crippen LogP contribution in [0.2, 0.25) is 0 Å². The molecule has 0 atom stereocenters. The summed E-state index contributed by atoms with van der Waals surface area (Å²) < 4.78 is 10.7. The highest BCUT2D eigenvalue weighted by atomic mass is 16.5. The molecule has 0 radical (unpaired) electrons. The van der Waals surface area contributed by atoms with Gasteiger partial charge < -0.3 is 19.3 Å². The topological polar surface area (TPSA) is 62.3 Å². The first-order chi connectivity index (χ1) is 13.4. The molecular formula is C21H29N3O4. The lowest BCUT2D eigenvalue weighted by molar-refractivity contribution is -0.137. The minimum absolute atomic E-state index is 0.223. The predicted molar refractivity (Wildman–Crippen MR) is 107 cm³/mol. The van der Waals surface area contributed by atoms with Gasteiger partial charge in [0.25, 0.3) is 11.8 Å². The fraction of sp³-hybridized carbons (Fsp3) is 0.524. The Hall–Kier alpha value is -2.54. The van der Waals surface area contributed by atoms with Crippen molar-refractivity contribution in [3.63, 3.8) is 0 Å². The number of likely N-dealkylation sites (tertiary alicyclic amines) is 1. The molecule has 0 aromatic heterocycles. The average molecular weight is 387 g/mol. The van der Waals surface area contributed by atoms with Gasteiger partial charge in [-0.05, 0) is 57.6 Å². The minimum Gasteiger partial charge on any atom is -0.493 e. The van der Waals surface area contributed by atoms with Crippen molar-refractivity contribution in [3.05, 3.63) is 29.5 Å². The molecular weight excluding hydrogens is 358 g/mol. The summed E-state index contributed by atoms with van der Waals surface area (Å²) in [5, 5.41) is 0. The van der Waals surface area contributed by atoms with E-state index in [-0.39, 0.29) is 17.9 Å². The molecule has 3 rings (SSSR count). The molecule has 0 spiro atoms. The van der Waals surface area contributed by atoms with Crippen LogP contribution in [0.15, 0.2) is 23.9 Å². The molecule has 7 nitrogen and oxygen atoms in total. The van der Waals surface area contributed by atoms with Gasteiger partial charge in [0.1, 0.15) is 5.70 Å². The Bertz CT molecular complexity index is 797. The third-order valence-corrected chi connectivity index (χ3v) is 5.72. The van der Waals surface area contributed by atoms with Crippen LogP contribution in [0.4, 0.5) is 0 Å². The van der Waals surface area contributed by atoms with Crippen molar-refractivity contribution in [2.45, 2.75) is 25.8 Å². The van der Waals surface area contributed by atoms with Gasteiger partial charge in [0.2, 0.25) is 0 Å². The summed E-state index contributed by atoms with van der Waals surface area (Å²) in [5.41, 5.74) is 1.59. The van der Waals surface area contributed by atoms with Crippen molar-refractivity contribution >= 4 is 17.4 Å². The molecule has 0 N–H and O–H groups in total. The Morgan fingerprint density at radius 1 is 1.07 bits per heavy atom. The number of ether oxygens (including phenoxy) is 2. The third kappa shape index (κ3) is 3.46. The van der Waals surface area contributed by atoms with E-state index in [1.165, 1.54) is 4.90 Å². The number of nitrogens with zero attached hydrogens (tertiary/aromatic N) is 3. The van der Waals surface area contributed by atoms with E-state index in [0.29, 0.717) is 34.9 Å². The number of piperidine rings is 1. The largest absolute Gasteiger partial charge is 0.493 e. The molecule has 152 valence electrons. The van der Waals surface area contributed by atoms with Gasteiger partial charge in [-0.2, -0.15) is 0 Å². The minimum atomic E-state index is -0.255.